The number of unbranched alkanes of at least 4 members (excludes halogenated alkanes) is 1. The Hall–Kier alpha value is -0.910. The van der Waals surface area contributed by atoms with Gasteiger partial charge in [-0.3, -0.25) is 0 Å². The van der Waals surface area contributed by atoms with E-state index in [1.807, 2.05) is 0 Å². The van der Waals surface area contributed by atoms with Crippen LogP contribution >= 0.6 is 22.9 Å². The molecule has 6 heteroatoms. The van der Waals surface area contributed by atoms with E-state index in [9.17, 15) is 0 Å². The Bertz CT molecular complexity index is 594. The molecule has 0 saturated carbocycles. The van der Waals surface area contributed by atoms with E-state index in [0.29, 0.717) is 5.28 Å². The number of anilines is 1. The lowest BCUT2D eigenvalue weighted by atomic mass is 10.2. The molecular weight excluding hydrogens is 292 g/mol. The molecule has 2 aromatic heterocycles. The van der Waals surface area contributed by atoms with Crippen molar-refractivity contribution in [2.75, 3.05) is 32.5 Å². The van der Waals surface area contributed by atoms with Crippen molar-refractivity contribution in [3.63, 3.8) is 0 Å². The second kappa shape index (κ2) is 6.70. The van der Waals surface area contributed by atoms with Gasteiger partial charge in [-0.25, -0.2) is 9.97 Å². The third-order valence-corrected chi connectivity index (χ3v) is 4.60. The van der Waals surface area contributed by atoms with Crippen LogP contribution in [-0.4, -0.2) is 42.1 Å². The first-order valence-electron chi connectivity index (χ1n) is 6.81. The van der Waals surface area contributed by atoms with Crippen LogP contribution in [-0.2, 0) is 0 Å². The Morgan fingerprint density at radius 3 is 2.65 bits per heavy atom. The molecule has 2 heterocycles. The highest BCUT2D eigenvalue weighted by atomic mass is 35.5. The molecular formula is C14H21ClN4S. The first-order valence-corrected chi connectivity index (χ1v) is 8.00. The van der Waals surface area contributed by atoms with E-state index in [-0.39, 0.29) is 0 Å². The minimum absolute atomic E-state index is 0.314. The highest BCUT2D eigenvalue weighted by Gasteiger charge is 2.13. The molecule has 2 aromatic rings. The van der Waals surface area contributed by atoms with Gasteiger partial charge >= 0.3 is 0 Å². The number of thiophene rings is 1. The zero-order valence-electron chi connectivity index (χ0n) is 12.5. The number of nitrogens with one attached hydrogen (secondary N) is 1. The second-order valence-electron chi connectivity index (χ2n) is 5.24. The number of fused-ring (bicyclic) bond motifs is 1. The van der Waals surface area contributed by atoms with E-state index in [1.54, 1.807) is 11.3 Å². The monoisotopic (exact) mass is 312 g/mol. The summed E-state index contributed by atoms with van der Waals surface area (Å²) in [5, 5.41) is 4.84. The highest BCUT2D eigenvalue weighted by molar-refractivity contribution is 7.18. The first kappa shape index (κ1) is 15.5. The Labute approximate surface area is 129 Å². The predicted molar refractivity (Wildman–Crippen MR) is 88.2 cm³/mol. The SMILES string of the molecule is Cc1sc2nc(Cl)nc(NCCCCN(C)C)c2c1C. The fourth-order valence-electron chi connectivity index (χ4n) is 2.11. The van der Waals surface area contributed by atoms with Gasteiger partial charge in [-0.1, -0.05) is 0 Å². The number of aryl methyl sites for hydroxylation is 2. The molecule has 0 spiro atoms. The van der Waals surface area contributed by atoms with Crippen LogP contribution in [0.3, 0.4) is 0 Å². The Morgan fingerprint density at radius 1 is 1.20 bits per heavy atom. The molecule has 0 aromatic carbocycles. The largest absolute Gasteiger partial charge is 0.369 e. The lowest BCUT2D eigenvalue weighted by molar-refractivity contribution is 0.396. The number of halogens is 1. The van der Waals surface area contributed by atoms with Crippen LogP contribution in [0.25, 0.3) is 10.2 Å². The van der Waals surface area contributed by atoms with Crippen LogP contribution in [0.4, 0.5) is 5.82 Å². The number of nitrogens with zero attached hydrogens (tertiary/aromatic N) is 3. The fourth-order valence-corrected chi connectivity index (χ4v) is 3.36. The number of rotatable bonds is 6. The summed E-state index contributed by atoms with van der Waals surface area (Å²) in [7, 11) is 4.19. The molecule has 0 radical (unpaired) electrons. The molecule has 0 fully saturated rings. The summed E-state index contributed by atoms with van der Waals surface area (Å²) in [5.74, 6) is 0.867. The smallest absolute Gasteiger partial charge is 0.225 e. The average Bonchev–Trinajstić information content (AvgIpc) is 2.63. The van der Waals surface area contributed by atoms with Crippen molar-refractivity contribution in [2.45, 2.75) is 26.7 Å². The minimum Gasteiger partial charge on any atom is -0.369 e. The number of hydrogen-bond acceptors (Lipinski definition) is 5. The third kappa shape index (κ3) is 3.59. The zero-order valence-corrected chi connectivity index (χ0v) is 14.0. The molecule has 1 N–H and O–H groups in total. The molecule has 0 amide bonds. The van der Waals surface area contributed by atoms with Crippen LogP contribution in [0, 0.1) is 13.8 Å². The van der Waals surface area contributed by atoms with Crippen molar-refractivity contribution in [2.24, 2.45) is 0 Å². The topological polar surface area (TPSA) is 41.1 Å². The van der Waals surface area contributed by atoms with Gasteiger partial charge in [0, 0.05) is 11.4 Å². The summed E-state index contributed by atoms with van der Waals surface area (Å²) in [5.41, 5.74) is 1.25. The quantitative estimate of drug-likeness (QED) is 0.652. The lowest BCUT2D eigenvalue weighted by Gasteiger charge is -2.10. The molecule has 0 aliphatic heterocycles. The van der Waals surface area contributed by atoms with Crippen molar-refractivity contribution in [3.8, 4) is 0 Å². The van der Waals surface area contributed by atoms with Crippen molar-refractivity contribution in [1.29, 1.82) is 0 Å². The van der Waals surface area contributed by atoms with Crippen LogP contribution in [0.15, 0.2) is 0 Å². The molecule has 2 rings (SSSR count). The van der Waals surface area contributed by atoms with Gasteiger partial charge in [0.2, 0.25) is 5.28 Å². The van der Waals surface area contributed by atoms with Gasteiger partial charge < -0.3 is 10.2 Å². The van der Waals surface area contributed by atoms with Crippen molar-refractivity contribution in [3.05, 3.63) is 15.7 Å². The Morgan fingerprint density at radius 2 is 1.95 bits per heavy atom. The third-order valence-electron chi connectivity index (χ3n) is 3.33. The Kier molecular flexibility index (Phi) is 5.18. The summed E-state index contributed by atoms with van der Waals surface area (Å²) < 4.78 is 0. The molecule has 0 aliphatic carbocycles. The van der Waals surface area contributed by atoms with Gasteiger partial charge in [-0.2, -0.15) is 0 Å². The summed E-state index contributed by atoms with van der Waals surface area (Å²) >= 11 is 7.68. The van der Waals surface area contributed by atoms with Crippen molar-refractivity contribution in [1.82, 2.24) is 14.9 Å². The maximum atomic E-state index is 6.00. The molecule has 4 nitrogen and oxygen atoms in total. The van der Waals surface area contributed by atoms with Gasteiger partial charge in [-0.15, -0.1) is 11.3 Å². The predicted octanol–water partition coefficient (Wildman–Crippen LogP) is 3.72. The van der Waals surface area contributed by atoms with Gasteiger partial charge in [0.15, 0.2) is 0 Å². The average molecular weight is 313 g/mol. The summed E-state index contributed by atoms with van der Waals surface area (Å²) in [4.78, 5) is 13.1. The molecule has 0 aliphatic rings. The maximum absolute atomic E-state index is 6.00. The molecule has 0 saturated heterocycles. The summed E-state index contributed by atoms with van der Waals surface area (Å²) in [6.45, 7) is 6.24. The molecule has 0 bridgehead atoms. The van der Waals surface area contributed by atoms with E-state index in [2.05, 4.69) is 48.1 Å². The van der Waals surface area contributed by atoms with Gasteiger partial charge in [0.1, 0.15) is 10.6 Å². The second-order valence-corrected chi connectivity index (χ2v) is 6.78. The first-order chi connectivity index (χ1) is 9.49. The van der Waals surface area contributed by atoms with Crippen LogP contribution in [0.2, 0.25) is 5.28 Å². The van der Waals surface area contributed by atoms with Crippen molar-refractivity contribution < 1.29 is 0 Å². The zero-order chi connectivity index (χ0) is 14.7. The highest BCUT2D eigenvalue weighted by Crippen LogP contribution is 2.33. The van der Waals surface area contributed by atoms with E-state index < -0.39 is 0 Å². The van der Waals surface area contributed by atoms with E-state index >= 15 is 0 Å². The van der Waals surface area contributed by atoms with E-state index in [0.717, 1.165) is 35.5 Å². The van der Waals surface area contributed by atoms with Gasteiger partial charge in [0.05, 0.1) is 5.39 Å². The molecule has 0 atom stereocenters. The summed E-state index contributed by atoms with van der Waals surface area (Å²) in [6, 6.07) is 0. The minimum atomic E-state index is 0.314. The van der Waals surface area contributed by atoms with Gasteiger partial charge in [0.25, 0.3) is 0 Å². The fraction of sp³-hybridized carbons (Fsp3) is 0.571. The molecule has 110 valence electrons. The van der Waals surface area contributed by atoms with E-state index in [1.165, 1.54) is 16.9 Å². The number of aromatic nitrogens is 2. The summed E-state index contributed by atoms with van der Waals surface area (Å²) in [6.07, 6.45) is 2.28. The lowest BCUT2D eigenvalue weighted by Crippen LogP contribution is -2.14. The molecule has 0 unspecified atom stereocenters. The van der Waals surface area contributed by atoms with Crippen LogP contribution < -0.4 is 5.32 Å². The van der Waals surface area contributed by atoms with Gasteiger partial charge in [-0.05, 0) is 64.5 Å². The normalized spacial score (nSPS) is 11.5. The molecule has 20 heavy (non-hydrogen) atoms. The van der Waals surface area contributed by atoms with Crippen LogP contribution in [0.1, 0.15) is 23.3 Å². The van der Waals surface area contributed by atoms with Crippen LogP contribution in [0.5, 0.6) is 0 Å². The van der Waals surface area contributed by atoms with Crippen molar-refractivity contribution >= 4 is 39.0 Å². The van der Waals surface area contributed by atoms with E-state index in [4.69, 9.17) is 11.6 Å². The Balaban J connectivity index is 2.09. The number of hydrogen-bond donors (Lipinski definition) is 1. The standard InChI is InChI=1S/C14H21ClN4S/c1-9-10(2)20-13-11(9)12(17-14(15)18-13)16-7-5-6-8-19(3)4/h5-8H2,1-4H3,(H,16,17,18). The maximum Gasteiger partial charge on any atom is 0.225 e.